The van der Waals surface area contributed by atoms with Crippen LogP contribution < -0.4 is 19.5 Å². The van der Waals surface area contributed by atoms with Crippen molar-refractivity contribution >= 4 is 35.0 Å². The topological polar surface area (TPSA) is 56.8 Å². The predicted octanol–water partition coefficient (Wildman–Crippen LogP) is 4.16. The number of thioether (sulfide) groups is 1. The van der Waals surface area contributed by atoms with Crippen LogP contribution >= 0.6 is 23.4 Å². The minimum absolute atomic E-state index is 0.125. The van der Waals surface area contributed by atoms with E-state index in [1.165, 1.54) is 11.8 Å². The molecule has 5 nitrogen and oxygen atoms in total. The van der Waals surface area contributed by atoms with Crippen molar-refractivity contribution in [3.05, 3.63) is 40.9 Å². The van der Waals surface area contributed by atoms with Crippen LogP contribution in [0.5, 0.6) is 17.2 Å². The first-order chi connectivity index (χ1) is 12.1. The van der Waals surface area contributed by atoms with Crippen molar-refractivity contribution in [1.82, 2.24) is 0 Å². The predicted molar refractivity (Wildman–Crippen MR) is 99.5 cm³/mol. The first-order valence-corrected chi connectivity index (χ1v) is 9.09. The van der Waals surface area contributed by atoms with Crippen LogP contribution in [0.1, 0.15) is 5.56 Å². The number of benzene rings is 2. The van der Waals surface area contributed by atoms with Gasteiger partial charge in [0.2, 0.25) is 5.91 Å². The summed E-state index contributed by atoms with van der Waals surface area (Å²) in [5, 5.41) is 3.46. The van der Waals surface area contributed by atoms with Crippen molar-refractivity contribution in [2.24, 2.45) is 0 Å². The molecule has 0 saturated heterocycles. The Hall–Kier alpha value is -2.05. The van der Waals surface area contributed by atoms with Crippen LogP contribution in [-0.4, -0.2) is 32.0 Å². The summed E-state index contributed by atoms with van der Waals surface area (Å²) in [5.74, 6) is 2.13. The van der Waals surface area contributed by atoms with E-state index in [1.807, 2.05) is 25.1 Å². The minimum Gasteiger partial charge on any atom is -0.495 e. The number of aryl methyl sites for hydroxylation is 1. The van der Waals surface area contributed by atoms with Gasteiger partial charge in [0, 0.05) is 16.0 Å². The molecule has 0 aromatic heterocycles. The molecule has 0 saturated carbocycles. The Labute approximate surface area is 155 Å². The minimum atomic E-state index is -0.125. The maximum atomic E-state index is 12.3. The number of rotatable bonds is 5. The van der Waals surface area contributed by atoms with E-state index in [-0.39, 0.29) is 11.7 Å². The van der Waals surface area contributed by atoms with Crippen molar-refractivity contribution < 1.29 is 19.0 Å². The van der Waals surface area contributed by atoms with Crippen LogP contribution in [0.4, 0.5) is 5.69 Å². The van der Waals surface area contributed by atoms with E-state index in [2.05, 4.69) is 5.32 Å². The molecule has 0 spiro atoms. The highest BCUT2D eigenvalue weighted by molar-refractivity contribution is 8.00. The molecule has 0 aliphatic carbocycles. The first kappa shape index (κ1) is 17.8. The normalized spacial score (nSPS) is 12.6. The van der Waals surface area contributed by atoms with Crippen LogP contribution in [0.25, 0.3) is 0 Å². The first-order valence-electron chi connectivity index (χ1n) is 7.73. The van der Waals surface area contributed by atoms with E-state index in [0.717, 1.165) is 16.2 Å². The van der Waals surface area contributed by atoms with Gasteiger partial charge in [0.25, 0.3) is 0 Å². The van der Waals surface area contributed by atoms with Gasteiger partial charge in [-0.25, -0.2) is 0 Å². The second-order valence-corrected chi connectivity index (χ2v) is 6.90. The summed E-state index contributed by atoms with van der Waals surface area (Å²) in [6.07, 6.45) is 0. The lowest BCUT2D eigenvalue weighted by atomic mass is 10.2. The molecular weight excluding hydrogens is 362 g/mol. The molecule has 1 heterocycles. The number of halogens is 1. The molecule has 3 rings (SSSR count). The Bertz CT molecular complexity index is 797. The molecule has 0 unspecified atom stereocenters. The molecular formula is C18H18ClNO4S. The maximum absolute atomic E-state index is 12.3. The van der Waals surface area contributed by atoms with E-state index >= 15 is 0 Å². The zero-order valence-corrected chi connectivity index (χ0v) is 15.5. The van der Waals surface area contributed by atoms with Crippen molar-refractivity contribution in [3.63, 3.8) is 0 Å². The summed E-state index contributed by atoms with van der Waals surface area (Å²) in [5.41, 5.74) is 1.48. The molecule has 2 aromatic rings. The highest BCUT2D eigenvalue weighted by Gasteiger charge is 2.14. The lowest BCUT2D eigenvalue weighted by Crippen LogP contribution is -2.16. The number of fused-ring (bicyclic) bond motifs is 1. The number of nitrogens with one attached hydrogen (secondary N) is 1. The molecule has 1 N–H and O–H groups in total. The van der Waals surface area contributed by atoms with Gasteiger partial charge in [-0.15, -0.1) is 11.8 Å². The molecule has 7 heteroatoms. The van der Waals surface area contributed by atoms with Gasteiger partial charge >= 0.3 is 0 Å². The molecule has 0 radical (unpaired) electrons. The monoisotopic (exact) mass is 379 g/mol. The lowest BCUT2D eigenvalue weighted by molar-refractivity contribution is -0.113. The van der Waals surface area contributed by atoms with Gasteiger partial charge in [0.1, 0.15) is 19.0 Å². The van der Waals surface area contributed by atoms with Crippen LogP contribution in [0, 0.1) is 6.92 Å². The Morgan fingerprint density at radius 3 is 2.76 bits per heavy atom. The highest BCUT2D eigenvalue weighted by atomic mass is 35.5. The second kappa shape index (κ2) is 7.89. The Kier molecular flexibility index (Phi) is 5.60. The molecule has 0 fully saturated rings. The fraction of sp³-hybridized carbons (Fsp3) is 0.278. The van der Waals surface area contributed by atoms with E-state index < -0.39 is 0 Å². The summed E-state index contributed by atoms with van der Waals surface area (Å²) in [6, 6.07) is 9.16. The number of amides is 1. The van der Waals surface area contributed by atoms with E-state index in [0.29, 0.717) is 35.4 Å². The van der Waals surface area contributed by atoms with Crippen molar-refractivity contribution in [2.75, 3.05) is 31.4 Å². The molecule has 25 heavy (non-hydrogen) atoms. The number of carbonyl (C=O) groups excluding carboxylic acids is 1. The van der Waals surface area contributed by atoms with Gasteiger partial charge in [0.05, 0.1) is 18.6 Å². The zero-order chi connectivity index (χ0) is 17.8. The van der Waals surface area contributed by atoms with Gasteiger partial charge in [-0.3, -0.25) is 4.79 Å². The number of hydrogen-bond donors (Lipinski definition) is 1. The number of anilines is 1. The van der Waals surface area contributed by atoms with Gasteiger partial charge in [-0.2, -0.15) is 0 Å². The quantitative estimate of drug-likeness (QED) is 0.790. The number of methoxy groups -OCH3 is 1. The Balaban J connectivity index is 1.63. The summed E-state index contributed by atoms with van der Waals surface area (Å²) < 4.78 is 16.3. The molecule has 1 aliphatic heterocycles. The summed E-state index contributed by atoms with van der Waals surface area (Å²) in [7, 11) is 1.54. The van der Waals surface area contributed by atoms with Crippen LogP contribution in [-0.2, 0) is 4.79 Å². The fourth-order valence-electron chi connectivity index (χ4n) is 2.38. The standard InChI is InChI=1S/C18H18ClNO4S/c1-11-7-14(16(22-2)9-13(11)19)20-18(21)10-25-12-3-4-15-17(8-12)24-6-5-23-15/h3-4,7-9H,5-6,10H2,1-2H3,(H,20,21). The van der Waals surface area contributed by atoms with E-state index in [9.17, 15) is 4.79 Å². The van der Waals surface area contributed by atoms with Crippen LogP contribution in [0.15, 0.2) is 35.2 Å². The van der Waals surface area contributed by atoms with E-state index in [1.54, 1.807) is 19.2 Å². The van der Waals surface area contributed by atoms with Crippen molar-refractivity contribution in [3.8, 4) is 17.2 Å². The fourth-order valence-corrected chi connectivity index (χ4v) is 3.26. The molecule has 0 bridgehead atoms. The van der Waals surface area contributed by atoms with Crippen LogP contribution in [0.2, 0.25) is 5.02 Å². The van der Waals surface area contributed by atoms with Gasteiger partial charge in [0.15, 0.2) is 11.5 Å². The van der Waals surface area contributed by atoms with Crippen molar-refractivity contribution in [2.45, 2.75) is 11.8 Å². The second-order valence-electron chi connectivity index (χ2n) is 5.44. The zero-order valence-electron chi connectivity index (χ0n) is 13.9. The number of ether oxygens (including phenoxy) is 3. The van der Waals surface area contributed by atoms with Crippen molar-refractivity contribution in [1.29, 1.82) is 0 Å². The third-order valence-corrected chi connectivity index (χ3v) is 5.04. The summed E-state index contributed by atoms with van der Waals surface area (Å²) in [6.45, 7) is 2.98. The maximum Gasteiger partial charge on any atom is 0.234 e. The smallest absolute Gasteiger partial charge is 0.234 e. The molecule has 1 aliphatic rings. The molecule has 0 atom stereocenters. The molecule has 2 aromatic carbocycles. The molecule has 132 valence electrons. The number of hydrogen-bond acceptors (Lipinski definition) is 5. The SMILES string of the molecule is COc1cc(Cl)c(C)cc1NC(=O)CSc1ccc2c(c1)OCCO2. The average Bonchev–Trinajstić information content (AvgIpc) is 2.62. The number of carbonyl (C=O) groups is 1. The lowest BCUT2D eigenvalue weighted by Gasteiger charge is -2.18. The van der Waals surface area contributed by atoms with Gasteiger partial charge < -0.3 is 19.5 Å². The summed E-state index contributed by atoms with van der Waals surface area (Å²) >= 11 is 7.51. The average molecular weight is 380 g/mol. The Morgan fingerprint density at radius 2 is 2.00 bits per heavy atom. The largest absolute Gasteiger partial charge is 0.495 e. The third kappa shape index (κ3) is 4.32. The van der Waals surface area contributed by atoms with Crippen LogP contribution in [0.3, 0.4) is 0 Å². The highest BCUT2D eigenvalue weighted by Crippen LogP contribution is 2.34. The van der Waals surface area contributed by atoms with E-state index in [4.69, 9.17) is 25.8 Å². The van der Waals surface area contributed by atoms with Gasteiger partial charge in [-0.1, -0.05) is 11.6 Å². The van der Waals surface area contributed by atoms with Gasteiger partial charge in [-0.05, 0) is 36.8 Å². The summed E-state index contributed by atoms with van der Waals surface area (Å²) in [4.78, 5) is 13.2. The molecule has 1 amide bonds. The third-order valence-electron chi connectivity index (χ3n) is 3.64. The Morgan fingerprint density at radius 1 is 1.24 bits per heavy atom.